The van der Waals surface area contributed by atoms with Crippen LogP contribution in [0.15, 0.2) is 0 Å². The van der Waals surface area contributed by atoms with Crippen LogP contribution in [0.4, 0.5) is 0 Å². The van der Waals surface area contributed by atoms with E-state index in [1.54, 1.807) is 0 Å². The molecule has 4 unspecified atom stereocenters. The zero-order valence-corrected chi connectivity index (χ0v) is 11.8. The van der Waals surface area contributed by atoms with Gasteiger partial charge < -0.3 is 5.32 Å². The summed E-state index contributed by atoms with van der Waals surface area (Å²) >= 11 is 0. The number of piperazine rings is 1. The van der Waals surface area contributed by atoms with Crippen LogP contribution in [0.3, 0.4) is 0 Å². The summed E-state index contributed by atoms with van der Waals surface area (Å²) in [7, 11) is 0. The Bertz CT molecular complexity index is 193. The zero-order valence-electron chi connectivity index (χ0n) is 11.8. The highest BCUT2D eigenvalue weighted by Gasteiger charge is 2.32. The van der Waals surface area contributed by atoms with E-state index in [4.69, 9.17) is 0 Å². The molecule has 1 fully saturated rings. The Hall–Kier alpha value is -0.0800. The normalized spacial score (nSPS) is 31.3. The summed E-state index contributed by atoms with van der Waals surface area (Å²) < 4.78 is 0. The van der Waals surface area contributed by atoms with Crippen LogP contribution in [0.25, 0.3) is 0 Å². The van der Waals surface area contributed by atoms with Crippen LogP contribution in [0.1, 0.15) is 53.9 Å². The molecule has 1 saturated heterocycles. The summed E-state index contributed by atoms with van der Waals surface area (Å²) in [4.78, 5) is 2.75. The summed E-state index contributed by atoms with van der Waals surface area (Å²) in [5.41, 5.74) is 0. The van der Waals surface area contributed by atoms with Crippen molar-refractivity contribution in [2.75, 3.05) is 13.1 Å². The number of hydrogen-bond donors (Lipinski definition) is 1. The van der Waals surface area contributed by atoms with Crippen molar-refractivity contribution in [1.29, 1.82) is 0 Å². The molecule has 4 atom stereocenters. The van der Waals surface area contributed by atoms with E-state index in [1.165, 1.54) is 32.4 Å². The standard InChI is InChI=1S/C14H30N2/c1-6-11(4)14-9-15-13(8-3)10-16(14)12(5)7-2/h11-15H,6-10H2,1-5H3. The molecule has 0 aromatic rings. The molecule has 0 aromatic heterocycles. The van der Waals surface area contributed by atoms with Gasteiger partial charge in [0.05, 0.1) is 0 Å². The first-order valence-electron chi connectivity index (χ1n) is 7.13. The van der Waals surface area contributed by atoms with Gasteiger partial charge in [0.2, 0.25) is 0 Å². The molecule has 1 rings (SSSR count). The van der Waals surface area contributed by atoms with Crippen molar-refractivity contribution in [1.82, 2.24) is 10.2 Å². The van der Waals surface area contributed by atoms with E-state index >= 15 is 0 Å². The molecule has 0 spiro atoms. The Labute approximate surface area is 102 Å². The molecule has 0 amide bonds. The second-order valence-corrected chi connectivity index (χ2v) is 5.42. The van der Waals surface area contributed by atoms with Crippen LogP contribution in [0.2, 0.25) is 0 Å². The fraction of sp³-hybridized carbons (Fsp3) is 1.00. The Balaban J connectivity index is 2.67. The third-order valence-electron chi connectivity index (χ3n) is 4.42. The van der Waals surface area contributed by atoms with Gasteiger partial charge >= 0.3 is 0 Å². The fourth-order valence-electron chi connectivity index (χ4n) is 2.67. The van der Waals surface area contributed by atoms with E-state index in [2.05, 4.69) is 44.8 Å². The Kier molecular flexibility index (Phi) is 5.77. The molecule has 1 heterocycles. The smallest absolute Gasteiger partial charge is 0.0249 e. The quantitative estimate of drug-likeness (QED) is 0.775. The topological polar surface area (TPSA) is 15.3 Å². The first-order chi connectivity index (χ1) is 7.63. The predicted molar refractivity (Wildman–Crippen MR) is 71.8 cm³/mol. The minimum atomic E-state index is 0.703. The second kappa shape index (κ2) is 6.61. The molecular formula is C14H30N2. The monoisotopic (exact) mass is 226 g/mol. The zero-order chi connectivity index (χ0) is 12.1. The summed E-state index contributed by atoms with van der Waals surface area (Å²) in [5, 5.41) is 3.70. The maximum Gasteiger partial charge on any atom is 0.0249 e. The van der Waals surface area contributed by atoms with Crippen molar-refractivity contribution >= 4 is 0 Å². The lowest BCUT2D eigenvalue weighted by molar-refractivity contribution is 0.0543. The van der Waals surface area contributed by atoms with Gasteiger partial charge in [0.1, 0.15) is 0 Å². The van der Waals surface area contributed by atoms with Gasteiger partial charge in [0, 0.05) is 31.2 Å². The molecular weight excluding hydrogens is 196 g/mol. The van der Waals surface area contributed by atoms with Gasteiger partial charge in [-0.05, 0) is 25.7 Å². The van der Waals surface area contributed by atoms with Gasteiger partial charge in [-0.25, -0.2) is 0 Å². The van der Waals surface area contributed by atoms with Crippen LogP contribution >= 0.6 is 0 Å². The lowest BCUT2D eigenvalue weighted by Gasteiger charge is -2.46. The maximum atomic E-state index is 3.70. The van der Waals surface area contributed by atoms with E-state index in [0.717, 1.165) is 18.0 Å². The molecule has 0 aliphatic carbocycles. The summed E-state index contributed by atoms with van der Waals surface area (Å²) in [6.45, 7) is 14.1. The molecule has 0 saturated carbocycles. The average Bonchev–Trinajstić information content (AvgIpc) is 2.36. The van der Waals surface area contributed by atoms with E-state index in [-0.39, 0.29) is 0 Å². The Morgan fingerprint density at radius 3 is 2.38 bits per heavy atom. The van der Waals surface area contributed by atoms with Gasteiger partial charge in [0.25, 0.3) is 0 Å². The predicted octanol–water partition coefficient (Wildman–Crippen LogP) is 2.88. The van der Waals surface area contributed by atoms with Crippen LogP contribution in [0, 0.1) is 5.92 Å². The van der Waals surface area contributed by atoms with Crippen LogP contribution in [-0.4, -0.2) is 36.1 Å². The molecule has 16 heavy (non-hydrogen) atoms. The second-order valence-electron chi connectivity index (χ2n) is 5.42. The third-order valence-corrected chi connectivity index (χ3v) is 4.42. The average molecular weight is 226 g/mol. The van der Waals surface area contributed by atoms with Gasteiger partial charge in [-0.1, -0.05) is 34.1 Å². The maximum absolute atomic E-state index is 3.70. The summed E-state index contributed by atoms with van der Waals surface area (Å²) in [6, 6.07) is 2.17. The van der Waals surface area contributed by atoms with Crippen LogP contribution < -0.4 is 5.32 Å². The summed E-state index contributed by atoms with van der Waals surface area (Å²) in [6.07, 6.45) is 3.81. The lowest BCUT2D eigenvalue weighted by atomic mass is 9.92. The third kappa shape index (κ3) is 3.21. The lowest BCUT2D eigenvalue weighted by Crippen LogP contribution is -2.60. The highest BCUT2D eigenvalue weighted by Crippen LogP contribution is 2.22. The van der Waals surface area contributed by atoms with E-state index in [9.17, 15) is 0 Å². The Morgan fingerprint density at radius 1 is 1.19 bits per heavy atom. The number of nitrogens with one attached hydrogen (secondary N) is 1. The van der Waals surface area contributed by atoms with Gasteiger partial charge in [-0.3, -0.25) is 4.90 Å². The van der Waals surface area contributed by atoms with Crippen molar-refractivity contribution in [2.45, 2.75) is 72.0 Å². The first-order valence-corrected chi connectivity index (χ1v) is 7.13. The van der Waals surface area contributed by atoms with Crippen molar-refractivity contribution in [2.24, 2.45) is 5.92 Å². The molecule has 1 N–H and O–H groups in total. The van der Waals surface area contributed by atoms with Gasteiger partial charge in [-0.15, -0.1) is 0 Å². The van der Waals surface area contributed by atoms with Crippen molar-refractivity contribution in [3.63, 3.8) is 0 Å². The molecule has 2 heteroatoms. The molecule has 0 radical (unpaired) electrons. The van der Waals surface area contributed by atoms with E-state index in [1.807, 2.05) is 0 Å². The van der Waals surface area contributed by atoms with Crippen LogP contribution in [-0.2, 0) is 0 Å². The SMILES string of the molecule is CCC1CN(C(C)CC)C(C(C)CC)CN1. The molecule has 2 nitrogen and oxygen atoms in total. The number of hydrogen-bond acceptors (Lipinski definition) is 2. The van der Waals surface area contributed by atoms with Crippen molar-refractivity contribution in [3.05, 3.63) is 0 Å². The molecule has 96 valence electrons. The molecule has 0 bridgehead atoms. The molecule has 1 aliphatic rings. The minimum absolute atomic E-state index is 0.703. The van der Waals surface area contributed by atoms with Crippen molar-refractivity contribution in [3.8, 4) is 0 Å². The van der Waals surface area contributed by atoms with E-state index in [0.29, 0.717) is 6.04 Å². The Morgan fingerprint density at radius 2 is 1.88 bits per heavy atom. The minimum Gasteiger partial charge on any atom is -0.311 e. The largest absolute Gasteiger partial charge is 0.311 e. The first kappa shape index (κ1) is 14.0. The van der Waals surface area contributed by atoms with Crippen LogP contribution in [0.5, 0.6) is 0 Å². The summed E-state index contributed by atoms with van der Waals surface area (Å²) in [5.74, 6) is 0.805. The fourth-order valence-corrected chi connectivity index (χ4v) is 2.67. The molecule has 1 aliphatic heterocycles. The molecule has 0 aromatic carbocycles. The van der Waals surface area contributed by atoms with Gasteiger partial charge in [0.15, 0.2) is 0 Å². The van der Waals surface area contributed by atoms with Crippen molar-refractivity contribution < 1.29 is 0 Å². The highest BCUT2D eigenvalue weighted by molar-refractivity contribution is 4.90. The van der Waals surface area contributed by atoms with E-state index < -0.39 is 0 Å². The van der Waals surface area contributed by atoms with Gasteiger partial charge in [-0.2, -0.15) is 0 Å². The number of rotatable bonds is 5. The number of nitrogens with zero attached hydrogens (tertiary/aromatic N) is 1. The highest BCUT2D eigenvalue weighted by atomic mass is 15.3.